The molecule has 4 nitrogen and oxygen atoms in total. The fourth-order valence-corrected chi connectivity index (χ4v) is 1.70. The van der Waals surface area contributed by atoms with Crippen molar-refractivity contribution in [3.8, 4) is 5.75 Å². The van der Waals surface area contributed by atoms with Crippen molar-refractivity contribution in [2.75, 3.05) is 7.11 Å². The third kappa shape index (κ3) is 4.59. The van der Waals surface area contributed by atoms with Gasteiger partial charge in [-0.05, 0) is 42.8 Å². The average molecular weight is 295 g/mol. The van der Waals surface area contributed by atoms with Crippen LogP contribution in [0.1, 0.15) is 22.8 Å². The fourth-order valence-electron chi connectivity index (χ4n) is 1.70. The molecule has 0 atom stereocenters. The van der Waals surface area contributed by atoms with Gasteiger partial charge in [0, 0.05) is 0 Å². The first kappa shape index (κ1) is 15.5. The molecular formula is C18H17NO3. The van der Waals surface area contributed by atoms with Crippen LogP contribution in [-0.2, 0) is 4.84 Å². The summed E-state index contributed by atoms with van der Waals surface area (Å²) in [5.74, 6) is 0.331. The Morgan fingerprint density at radius 3 is 2.36 bits per heavy atom. The molecule has 0 spiro atoms. The number of allylic oxidation sites excluding steroid dienone is 1. The summed E-state index contributed by atoms with van der Waals surface area (Å²) in [5.41, 5.74) is 2.07. The molecule has 0 fully saturated rings. The molecule has 0 aromatic heterocycles. The lowest BCUT2D eigenvalue weighted by atomic mass is 10.2. The van der Waals surface area contributed by atoms with E-state index in [0.29, 0.717) is 11.3 Å². The lowest BCUT2D eigenvalue weighted by Crippen LogP contribution is -2.01. The van der Waals surface area contributed by atoms with Crippen molar-refractivity contribution in [1.82, 2.24) is 0 Å². The third-order valence-corrected chi connectivity index (χ3v) is 2.91. The van der Waals surface area contributed by atoms with Gasteiger partial charge in [-0.15, -0.1) is 0 Å². The maximum atomic E-state index is 11.7. The molecule has 0 aliphatic rings. The monoisotopic (exact) mass is 295 g/mol. The SMILES string of the molecule is COc1ccc(C=CC(C)=NOC(=O)c2ccccc2)cc1. The van der Waals surface area contributed by atoms with Crippen molar-refractivity contribution in [3.63, 3.8) is 0 Å². The molecule has 0 saturated carbocycles. The maximum absolute atomic E-state index is 11.7. The van der Waals surface area contributed by atoms with Gasteiger partial charge in [-0.25, -0.2) is 4.79 Å². The van der Waals surface area contributed by atoms with E-state index in [2.05, 4.69) is 5.16 Å². The summed E-state index contributed by atoms with van der Waals surface area (Å²) in [6, 6.07) is 16.4. The van der Waals surface area contributed by atoms with Crippen molar-refractivity contribution >= 4 is 17.8 Å². The minimum Gasteiger partial charge on any atom is -0.497 e. The quantitative estimate of drug-likeness (QED) is 0.477. The highest BCUT2D eigenvalue weighted by Crippen LogP contribution is 2.12. The highest BCUT2D eigenvalue weighted by atomic mass is 16.7. The normalized spacial score (nSPS) is 11.5. The molecular weight excluding hydrogens is 278 g/mol. The fraction of sp³-hybridized carbons (Fsp3) is 0.111. The van der Waals surface area contributed by atoms with Crippen LogP contribution in [0.15, 0.2) is 65.8 Å². The summed E-state index contributed by atoms with van der Waals surface area (Å²) in [5, 5.41) is 3.80. The van der Waals surface area contributed by atoms with Gasteiger partial charge in [0.1, 0.15) is 5.75 Å². The molecule has 0 saturated heterocycles. The molecule has 0 N–H and O–H groups in total. The molecule has 0 bridgehead atoms. The number of oxime groups is 1. The summed E-state index contributed by atoms with van der Waals surface area (Å²) in [4.78, 5) is 16.6. The van der Waals surface area contributed by atoms with Crippen LogP contribution in [0.4, 0.5) is 0 Å². The molecule has 4 heteroatoms. The Hall–Kier alpha value is -2.88. The maximum Gasteiger partial charge on any atom is 0.365 e. The van der Waals surface area contributed by atoms with E-state index >= 15 is 0 Å². The Kier molecular flexibility index (Phi) is 5.49. The lowest BCUT2D eigenvalue weighted by Gasteiger charge is -1.99. The van der Waals surface area contributed by atoms with E-state index in [1.54, 1.807) is 44.4 Å². The molecule has 2 aromatic carbocycles. The average Bonchev–Trinajstić information content (AvgIpc) is 2.59. The number of hydrogen-bond donors (Lipinski definition) is 0. The van der Waals surface area contributed by atoms with Gasteiger partial charge in [0.15, 0.2) is 0 Å². The standard InChI is InChI=1S/C18H17NO3/c1-14(8-9-15-10-12-17(21-2)13-11-15)19-22-18(20)16-6-4-3-5-7-16/h3-13H,1-2H3. The smallest absolute Gasteiger partial charge is 0.365 e. The van der Waals surface area contributed by atoms with Crippen LogP contribution >= 0.6 is 0 Å². The molecule has 2 rings (SSSR count). The van der Waals surface area contributed by atoms with Crippen molar-refractivity contribution in [1.29, 1.82) is 0 Å². The Balaban J connectivity index is 1.94. The lowest BCUT2D eigenvalue weighted by molar-refractivity contribution is 0.0516. The third-order valence-electron chi connectivity index (χ3n) is 2.91. The number of carbonyl (C=O) groups is 1. The molecule has 0 radical (unpaired) electrons. The van der Waals surface area contributed by atoms with Gasteiger partial charge in [-0.1, -0.05) is 41.6 Å². The number of ether oxygens (including phenoxy) is 1. The van der Waals surface area contributed by atoms with Gasteiger partial charge >= 0.3 is 5.97 Å². The van der Waals surface area contributed by atoms with E-state index in [-0.39, 0.29) is 0 Å². The van der Waals surface area contributed by atoms with Gasteiger partial charge < -0.3 is 9.57 Å². The van der Waals surface area contributed by atoms with Gasteiger partial charge in [0.05, 0.1) is 18.4 Å². The second-order valence-corrected chi connectivity index (χ2v) is 4.58. The summed E-state index contributed by atoms with van der Waals surface area (Å²) in [7, 11) is 1.63. The Bertz CT molecular complexity index is 673. The van der Waals surface area contributed by atoms with Crippen LogP contribution in [-0.4, -0.2) is 18.8 Å². The van der Waals surface area contributed by atoms with Crippen LogP contribution in [0, 0.1) is 0 Å². The van der Waals surface area contributed by atoms with E-state index in [9.17, 15) is 4.79 Å². The summed E-state index contributed by atoms with van der Waals surface area (Å²) in [6.07, 6.45) is 3.66. The van der Waals surface area contributed by atoms with Gasteiger partial charge in [-0.2, -0.15) is 0 Å². The Morgan fingerprint density at radius 1 is 1.05 bits per heavy atom. The van der Waals surface area contributed by atoms with E-state index in [0.717, 1.165) is 11.3 Å². The number of carbonyl (C=O) groups excluding carboxylic acids is 1. The van der Waals surface area contributed by atoms with E-state index < -0.39 is 5.97 Å². The first-order valence-electron chi connectivity index (χ1n) is 6.82. The molecule has 0 unspecified atom stereocenters. The Labute approximate surface area is 129 Å². The zero-order chi connectivity index (χ0) is 15.8. The first-order chi connectivity index (χ1) is 10.7. The zero-order valence-corrected chi connectivity index (χ0v) is 12.5. The van der Waals surface area contributed by atoms with E-state index in [1.807, 2.05) is 36.4 Å². The van der Waals surface area contributed by atoms with E-state index in [1.165, 1.54) is 0 Å². The molecule has 112 valence electrons. The van der Waals surface area contributed by atoms with Crippen LogP contribution in [0.2, 0.25) is 0 Å². The number of nitrogens with zero attached hydrogens (tertiary/aromatic N) is 1. The molecule has 0 aliphatic heterocycles. The van der Waals surface area contributed by atoms with Crippen LogP contribution in [0.3, 0.4) is 0 Å². The predicted octanol–water partition coefficient (Wildman–Crippen LogP) is 3.94. The summed E-state index contributed by atoms with van der Waals surface area (Å²) >= 11 is 0. The predicted molar refractivity (Wildman–Crippen MR) is 87.0 cm³/mol. The van der Waals surface area contributed by atoms with Crippen LogP contribution in [0.25, 0.3) is 6.08 Å². The first-order valence-corrected chi connectivity index (χ1v) is 6.82. The zero-order valence-electron chi connectivity index (χ0n) is 12.5. The topological polar surface area (TPSA) is 47.9 Å². The van der Waals surface area contributed by atoms with Crippen LogP contribution < -0.4 is 4.74 Å². The number of rotatable bonds is 5. The highest BCUT2D eigenvalue weighted by molar-refractivity contribution is 5.97. The molecule has 22 heavy (non-hydrogen) atoms. The van der Waals surface area contributed by atoms with Crippen molar-refractivity contribution < 1.29 is 14.4 Å². The highest BCUT2D eigenvalue weighted by Gasteiger charge is 2.05. The Morgan fingerprint density at radius 2 is 1.73 bits per heavy atom. The second-order valence-electron chi connectivity index (χ2n) is 4.58. The minimum atomic E-state index is -0.474. The van der Waals surface area contributed by atoms with Crippen molar-refractivity contribution in [2.45, 2.75) is 6.92 Å². The van der Waals surface area contributed by atoms with Crippen LogP contribution in [0.5, 0.6) is 5.75 Å². The molecule has 2 aromatic rings. The number of methoxy groups -OCH3 is 1. The van der Waals surface area contributed by atoms with Crippen molar-refractivity contribution in [2.24, 2.45) is 5.16 Å². The number of benzene rings is 2. The van der Waals surface area contributed by atoms with Gasteiger partial charge in [0.2, 0.25) is 0 Å². The second kappa shape index (κ2) is 7.78. The van der Waals surface area contributed by atoms with Crippen molar-refractivity contribution in [3.05, 3.63) is 71.8 Å². The molecule has 0 heterocycles. The molecule has 0 amide bonds. The van der Waals surface area contributed by atoms with Gasteiger partial charge in [0.25, 0.3) is 0 Å². The largest absolute Gasteiger partial charge is 0.497 e. The molecule has 0 aliphatic carbocycles. The number of hydrogen-bond acceptors (Lipinski definition) is 4. The minimum absolute atomic E-state index is 0.471. The summed E-state index contributed by atoms with van der Waals surface area (Å²) in [6.45, 7) is 1.76. The van der Waals surface area contributed by atoms with E-state index in [4.69, 9.17) is 9.57 Å². The van der Waals surface area contributed by atoms with Gasteiger partial charge in [-0.3, -0.25) is 0 Å². The summed E-state index contributed by atoms with van der Waals surface area (Å²) < 4.78 is 5.10.